The van der Waals surface area contributed by atoms with Crippen LogP contribution in [0, 0.1) is 30.6 Å². The number of aromatic nitrogens is 4. The summed E-state index contributed by atoms with van der Waals surface area (Å²) in [6, 6.07) is 14.0. The maximum atomic E-state index is 13.4. The number of benzene rings is 2. The average molecular weight is 528 g/mol. The van der Waals surface area contributed by atoms with Gasteiger partial charge in [-0.15, -0.1) is 5.10 Å². The molecule has 2 saturated carbocycles. The van der Waals surface area contributed by atoms with Gasteiger partial charge >= 0.3 is 0 Å². The van der Waals surface area contributed by atoms with Gasteiger partial charge in [0.25, 0.3) is 0 Å². The van der Waals surface area contributed by atoms with Crippen LogP contribution in [-0.2, 0) is 4.79 Å². The second kappa shape index (κ2) is 12.4. The molecule has 3 N–H and O–H groups in total. The van der Waals surface area contributed by atoms with Gasteiger partial charge in [-0.25, -0.2) is 0 Å². The first-order chi connectivity index (χ1) is 19.0. The van der Waals surface area contributed by atoms with Crippen LogP contribution in [0.25, 0.3) is 0 Å². The Morgan fingerprint density at radius 3 is 2.67 bits per heavy atom. The minimum absolute atomic E-state index is 0.0611. The van der Waals surface area contributed by atoms with Gasteiger partial charge < -0.3 is 15.2 Å². The molecule has 0 spiro atoms. The zero-order valence-electron chi connectivity index (χ0n) is 22.7. The van der Waals surface area contributed by atoms with Gasteiger partial charge in [-0.3, -0.25) is 4.79 Å². The average Bonchev–Trinajstić information content (AvgIpc) is 3.49. The summed E-state index contributed by atoms with van der Waals surface area (Å²) in [5, 5.41) is 28.5. The largest absolute Gasteiger partial charge is 0.496 e. The van der Waals surface area contributed by atoms with E-state index in [1.54, 1.807) is 7.11 Å². The minimum atomic E-state index is -0.494. The highest BCUT2D eigenvalue weighted by Crippen LogP contribution is 2.42. The third kappa shape index (κ3) is 6.48. The van der Waals surface area contributed by atoms with E-state index in [1.807, 2.05) is 31.2 Å². The van der Waals surface area contributed by atoms with Crippen LogP contribution in [0.2, 0.25) is 0 Å². The number of carbonyl (C=O) groups excluding carboxylic acids is 1. The molecule has 2 aromatic carbocycles. The molecule has 0 aliphatic heterocycles. The lowest BCUT2D eigenvalue weighted by molar-refractivity contribution is -0.127. The van der Waals surface area contributed by atoms with Crippen LogP contribution in [0.15, 0.2) is 42.5 Å². The van der Waals surface area contributed by atoms with Gasteiger partial charge in [0.1, 0.15) is 5.75 Å². The first-order valence-electron chi connectivity index (χ1n) is 14.0. The second-order valence-corrected chi connectivity index (χ2v) is 10.9. The maximum Gasteiger partial charge on any atom is 0.247 e. The Bertz CT molecular complexity index is 1320. The zero-order chi connectivity index (χ0) is 27.2. The maximum absolute atomic E-state index is 13.4. The van der Waals surface area contributed by atoms with E-state index in [-0.39, 0.29) is 29.7 Å². The van der Waals surface area contributed by atoms with Crippen molar-refractivity contribution in [3.05, 3.63) is 70.5 Å². The smallest absolute Gasteiger partial charge is 0.247 e. The predicted octanol–water partition coefficient (Wildman–Crippen LogP) is 4.60. The quantitative estimate of drug-likeness (QED) is 0.404. The molecular formula is C31H37N5O3. The van der Waals surface area contributed by atoms with E-state index in [0.29, 0.717) is 12.2 Å². The van der Waals surface area contributed by atoms with Crippen molar-refractivity contribution >= 4 is 5.91 Å². The van der Waals surface area contributed by atoms with Gasteiger partial charge in [0.2, 0.25) is 11.7 Å². The normalized spacial score (nSPS) is 22.4. The van der Waals surface area contributed by atoms with E-state index in [2.05, 4.69) is 56.0 Å². The van der Waals surface area contributed by atoms with Gasteiger partial charge in [-0.1, -0.05) is 54.5 Å². The molecule has 8 nitrogen and oxygen atoms in total. The number of amides is 1. The molecule has 0 radical (unpaired) electrons. The molecule has 2 fully saturated rings. The number of tetrazole rings is 1. The molecule has 39 heavy (non-hydrogen) atoms. The molecule has 2 aliphatic rings. The summed E-state index contributed by atoms with van der Waals surface area (Å²) in [6.07, 6.45) is 7.18. The van der Waals surface area contributed by atoms with Gasteiger partial charge in [0.15, 0.2) is 0 Å². The lowest BCUT2D eigenvalue weighted by Crippen LogP contribution is -2.41. The molecule has 2 aliphatic carbocycles. The van der Waals surface area contributed by atoms with Crippen molar-refractivity contribution in [1.29, 1.82) is 0 Å². The minimum Gasteiger partial charge on any atom is -0.496 e. The number of H-pyrrole nitrogens is 1. The molecule has 0 bridgehead atoms. The number of aryl methyl sites for hydroxylation is 1. The molecule has 204 valence electrons. The number of nitrogens with one attached hydrogen (secondary N) is 2. The Morgan fingerprint density at radius 2 is 1.95 bits per heavy atom. The third-order valence-corrected chi connectivity index (χ3v) is 8.36. The summed E-state index contributed by atoms with van der Waals surface area (Å²) in [4.78, 5) is 13.4. The fourth-order valence-corrected chi connectivity index (χ4v) is 6.26. The van der Waals surface area contributed by atoms with E-state index in [4.69, 9.17) is 4.74 Å². The Morgan fingerprint density at radius 1 is 1.10 bits per heavy atom. The van der Waals surface area contributed by atoms with E-state index < -0.39 is 6.10 Å². The number of hydrogen-bond donors (Lipinski definition) is 3. The summed E-state index contributed by atoms with van der Waals surface area (Å²) in [5.74, 6) is 7.58. The number of ether oxygens (including phenoxy) is 1. The second-order valence-electron chi connectivity index (χ2n) is 10.9. The monoisotopic (exact) mass is 527 g/mol. The van der Waals surface area contributed by atoms with Crippen molar-refractivity contribution in [2.75, 3.05) is 7.11 Å². The summed E-state index contributed by atoms with van der Waals surface area (Å²) >= 11 is 0. The molecule has 0 saturated heterocycles. The van der Waals surface area contributed by atoms with Crippen LogP contribution >= 0.6 is 0 Å². The van der Waals surface area contributed by atoms with Crippen LogP contribution < -0.4 is 10.1 Å². The van der Waals surface area contributed by atoms with Crippen LogP contribution in [0.4, 0.5) is 0 Å². The highest BCUT2D eigenvalue weighted by molar-refractivity contribution is 5.79. The molecule has 4 atom stereocenters. The number of aliphatic hydroxyl groups excluding tert-OH is 1. The van der Waals surface area contributed by atoms with Crippen molar-refractivity contribution in [3.63, 3.8) is 0 Å². The first-order valence-corrected chi connectivity index (χ1v) is 14.0. The lowest BCUT2D eigenvalue weighted by atomic mass is 9.72. The van der Waals surface area contributed by atoms with Crippen LogP contribution in [0.3, 0.4) is 0 Å². The van der Waals surface area contributed by atoms with E-state index in [9.17, 15) is 9.90 Å². The van der Waals surface area contributed by atoms with E-state index in [0.717, 1.165) is 66.5 Å². The molecule has 3 aromatic rings. The summed E-state index contributed by atoms with van der Waals surface area (Å²) in [7, 11) is 1.68. The summed E-state index contributed by atoms with van der Waals surface area (Å²) in [6.45, 7) is 2.03. The van der Waals surface area contributed by atoms with Crippen LogP contribution in [-0.4, -0.2) is 44.9 Å². The first kappa shape index (κ1) is 26.9. The number of hydrogen-bond acceptors (Lipinski definition) is 6. The molecule has 4 unspecified atom stereocenters. The molecule has 1 aromatic heterocycles. The molecule has 8 heteroatoms. The van der Waals surface area contributed by atoms with Crippen LogP contribution in [0.1, 0.15) is 91.4 Å². The van der Waals surface area contributed by atoms with Crippen molar-refractivity contribution < 1.29 is 14.6 Å². The zero-order valence-corrected chi connectivity index (χ0v) is 22.7. The Kier molecular flexibility index (Phi) is 8.58. The van der Waals surface area contributed by atoms with Crippen molar-refractivity contribution in [1.82, 2.24) is 25.9 Å². The molecule has 1 amide bonds. The van der Waals surface area contributed by atoms with Gasteiger partial charge in [-0.05, 0) is 91.0 Å². The number of aliphatic hydroxyl groups is 1. The highest BCUT2D eigenvalue weighted by atomic mass is 16.5. The third-order valence-electron chi connectivity index (χ3n) is 8.36. The summed E-state index contributed by atoms with van der Waals surface area (Å²) < 4.78 is 5.42. The van der Waals surface area contributed by atoms with Crippen molar-refractivity contribution in [2.24, 2.45) is 11.8 Å². The predicted molar refractivity (Wildman–Crippen MR) is 148 cm³/mol. The molecule has 1 heterocycles. The van der Waals surface area contributed by atoms with Gasteiger partial charge in [0.05, 0.1) is 19.3 Å². The molecular weight excluding hydrogens is 490 g/mol. The topological polar surface area (TPSA) is 113 Å². The number of nitrogens with zero attached hydrogens (tertiary/aromatic N) is 3. The standard InChI is InChI=1S/C31H37N5O3/c1-20-17-23(13-15-28(20)39-2)26-14-12-25(19-27(26)37)30(32-31(38)22-8-4-3-5-9-22)24-10-6-7-21(18-24)11-16-29-33-35-36-34-29/h6-7,10,13,15,17-18,22,25-27,30,37H,3-5,8-9,12,14,19H2,1-2H3,(H,32,38)(H,33,34,35,36). The number of methoxy groups -OCH3 is 1. The fraction of sp³-hybridized carbons (Fsp3) is 0.484. The lowest BCUT2D eigenvalue weighted by Gasteiger charge is -2.38. The van der Waals surface area contributed by atoms with Crippen LogP contribution in [0.5, 0.6) is 5.75 Å². The van der Waals surface area contributed by atoms with Gasteiger partial charge in [0, 0.05) is 17.4 Å². The van der Waals surface area contributed by atoms with E-state index in [1.165, 1.54) is 6.42 Å². The summed E-state index contributed by atoms with van der Waals surface area (Å²) in [5.41, 5.74) is 4.04. The Balaban J connectivity index is 1.37. The Hall–Kier alpha value is -3.70. The fourth-order valence-electron chi connectivity index (χ4n) is 6.26. The number of rotatable bonds is 6. The molecule has 5 rings (SSSR count). The highest BCUT2D eigenvalue weighted by Gasteiger charge is 2.36. The number of aromatic amines is 1. The van der Waals surface area contributed by atoms with Gasteiger partial charge in [-0.2, -0.15) is 5.21 Å². The Labute approximate surface area is 229 Å². The van der Waals surface area contributed by atoms with Crippen molar-refractivity contribution in [3.8, 4) is 17.6 Å². The van der Waals surface area contributed by atoms with E-state index >= 15 is 0 Å². The number of carbonyl (C=O) groups is 1. The SMILES string of the molecule is COc1ccc(C2CCC(C(NC(=O)C3CCCCC3)c3cccc(C#Cc4nn[nH]n4)c3)CC2O)cc1C. The van der Waals surface area contributed by atoms with Crippen molar-refractivity contribution in [2.45, 2.75) is 76.4 Å².